The summed E-state index contributed by atoms with van der Waals surface area (Å²) < 4.78 is 9.31. The van der Waals surface area contributed by atoms with E-state index in [0.717, 1.165) is 0 Å². The summed E-state index contributed by atoms with van der Waals surface area (Å²) in [4.78, 5) is 22.2. The van der Waals surface area contributed by atoms with E-state index in [1.807, 2.05) is 0 Å². The van der Waals surface area contributed by atoms with Crippen LogP contribution >= 0.6 is 11.6 Å². The van der Waals surface area contributed by atoms with Gasteiger partial charge < -0.3 is 20.1 Å². The maximum Gasteiger partial charge on any atom is 0.407 e. The van der Waals surface area contributed by atoms with Gasteiger partial charge in [0.2, 0.25) is 5.91 Å². The third-order valence-corrected chi connectivity index (χ3v) is 2.34. The molecule has 0 aliphatic carbocycles. The van der Waals surface area contributed by atoms with Crippen molar-refractivity contribution >= 4 is 29.3 Å². The van der Waals surface area contributed by atoms with E-state index < -0.39 is 12.0 Å². The van der Waals surface area contributed by atoms with Gasteiger partial charge in [0.05, 0.1) is 24.9 Å². The minimum absolute atomic E-state index is 0.199. The monoisotopic (exact) mass is 272 g/mol. The van der Waals surface area contributed by atoms with Gasteiger partial charge >= 0.3 is 6.09 Å². The SMILES string of the molecule is COC(=O)NCC(=O)Nc1ccc(OC)cc1Cl. The molecule has 0 heterocycles. The molecule has 18 heavy (non-hydrogen) atoms. The molecule has 2 amide bonds. The number of amides is 2. The highest BCUT2D eigenvalue weighted by Crippen LogP contribution is 2.26. The van der Waals surface area contributed by atoms with Crippen LogP contribution in [0.1, 0.15) is 0 Å². The van der Waals surface area contributed by atoms with Gasteiger partial charge in [0.15, 0.2) is 0 Å². The zero-order valence-electron chi connectivity index (χ0n) is 9.95. The first kappa shape index (κ1) is 14.1. The number of benzene rings is 1. The lowest BCUT2D eigenvalue weighted by Crippen LogP contribution is -2.32. The van der Waals surface area contributed by atoms with Crippen LogP contribution < -0.4 is 15.4 Å². The van der Waals surface area contributed by atoms with Gasteiger partial charge in [-0.05, 0) is 12.1 Å². The molecule has 0 saturated heterocycles. The normalized spacial score (nSPS) is 9.50. The third kappa shape index (κ3) is 4.14. The molecule has 1 rings (SSSR count). The van der Waals surface area contributed by atoms with Crippen LogP contribution in [0.2, 0.25) is 5.02 Å². The maximum atomic E-state index is 11.5. The Morgan fingerprint density at radius 2 is 2.06 bits per heavy atom. The van der Waals surface area contributed by atoms with Gasteiger partial charge in [-0.3, -0.25) is 4.79 Å². The molecule has 7 heteroatoms. The zero-order valence-corrected chi connectivity index (χ0v) is 10.7. The molecule has 0 fully saturated rings. The Hall–Kier alpha value is -1.95. The second kappa shape index (κ2) is 6.70. The number of carbonyl (C=O) groups excluding carboxylic acids is 2. The van der Waals surface area contributed by atoms with E-state index in [2.05, 4.69) is 15.4 Å². The smallest absolute Gasteiger partial charge is 0.407 e. The zero-order chi connectivity index (χ0) is 13.5. The largest absolute Gasteiger partial charge is 0.497 e. The maximum absolute atomic E-state index is 11.5. The second-order valence-corrected chi connectivity index (χ2v) is 3.65. The lowest BCUT2D eigenvalue weighted by Gasteiger charge is -2.09. The molecule has 6 nitrogen and oxygen atoms in total. The van der Waals surface area contributed by atoms with Gasteiger partial charge in [0, 0.05) is 6.07 Å². The highest BCUT2D eigenvalue weighted by atomic mass is 35.5. The summed E-state index contributed by atoms with van der Waals surface area (Å²) in [5, 5.41) is 5.15. The quantitative estimate of drug-likeness (QED) is 0.874. The van der Waals surface area contributed by atoms with Gasteiger partial charge in [-0.15, -0.1) is 0 Å². The van der Waals surface area contributed by atoms with E-state index in [9.17, 15) is 9.59 Å². The van der Waals surface area contributed by atoms with Crippen molar-refractivity contribution < 1.29 is 19.1 Å². The molecule has 0 saturated carbocycles. The molecule has 0 aliphatic heterocycles. The predicted molar refractivity (Wildman–Crippen MR) is 67.0 cm³/mol. The number of nitrogens with one attached hydrogen (secondary N) is 2. The average molecular weight is 273 g/mol. The highest BCUT2D eigenvalue weighted by Gasteiger charge is 2.08. The molecule has 98 valence electrons. The Balaban J connectivity index is 2.56. The van der Waals surface area contributed by atoms with E-state index in [0.29, 0.717) is 16.5 Å². The number of hydrogen-bond acceptors (Lipinski definition) is 4. The number of rotatable bonds is 4. The Morgan fingerprint density at radius 3 is 2.61 bits per heavy atom. The standard InChI is InChI=1S/C11H13ClN2O4/c1-17-7-3-4-9(8(12)5-7)14-10(15)6-13-11(16)18-2/h3-5H,6H2,1-2H3,(H,13,16)(H,14,15). The van der Waals surface area contributed by atoms with Crippen LogP contribution in [0.3, 0.4) is 0 Å². The van der Waals surface area contributed by atoms with E-state index in [1.165, 1.54) is 14.2 Å². The van der Waals surface area contributed by atoms with Crippen molar-refractivity contribution in [3.8, 4) is 5.75 Å². The van der Waals surface area contributed by atoms with Crippen LogP contribution in [-0.4, -0.2) is 32.8 Å². The Labute approximate surface area is 109 Å². The lowest BCUT2D eigenvalue weighted by molar-refractivity contribution is -0.115. The van der Waals surface area contributed by atoms with Gasteiger partial charge in [0.25, 0.3) is 0 Å². The van der Waals surface area contributed by atoms with Crippen molar-refractivity contribution in [2.24, 2.45) is 0 Å². The fraction of sp³-hybridized carbons (Fsp3) is 0.273. The van der Waals surface area contributed by atoms with Crippen LogP contribution in [0, 0.1) is 0 Å². The third-order valence-electron chi connectivity index (χ3n) is 2.03. The molecule has 0 unspecified atom stereocenters. The topological polar surface area (TPSA) is 76.7 Å². The Kier molecular flexibility index (Phi) is 5.26. The fourth-order valence-electron chi connectivity index (χ4n) is 1.14. The van der Waals surface area contributed by atoms with Crippen molar-refractivity contribution in [2.75, 3.05) is 26.1 Å². The summed E-state index contributed by atoms with van der Waals surface area (Å²) in [5.41, 5.74) is 0.439. The van der Waals surface area contributed by atoms with Crippen LogP contribution in [0.5, 0.6) is 5.75 Å². The van der Waals surface area contributed by atoms with Crippen LogP contribution in [0.4, 0.5) is 10.5 Å². The van der Waals surface area contributed by atoms with Gasteiger partial charge in [-0.25, -0.2) is 4.79 Å². The highest BCUT2D eigenvalue weighted by molar-refractivity contribution is 6.33. The number of anilines is 1. The molecule has 0 bridgehead atoms. The number of hydrogen-bond donors (Lipinski definition) is 2. The number of halogens is 1. The Morgan fingerprint density at radius 1 is 1.33 bits per heavy atom. The van der Waals surface area contributed by atoms with Crippen LogP contribution in [0.15, 0.2) is 18.2 Å². The lowest BCUT2D eigenvalue weighted by atomic mass is 10.3. The van der Waals surface area contributed by atoms with Crippen LogP contribution in [-0.2, 0) is 9.53 Å². The molecule has 1 aromatic rings. The van der Waals surface area contributed by atoms with Crippen molar-refractivity contribution in [1.29, 1.82) is 0 Å². The molecule has 0 aromatic heterocycles. The second-order valence-electron chi connectivity index (χ2n) is 3.24. The molecule has 0 atom stereocenters. The van der Waals surface area contributed by atoms with E-state index in [1.54, 1.807) is 18.2 Å². The summed E-state index contributed by atoms with van der Waals surface area (Å²) in [5.74, 6) is 0.179. The summed E-state index contributed by atoms with van der Waals surface area (Å²) in [7, 11) is 2.73. The van der Waals surface area contributed by atoms with Crippen molar-refractivity contribution in [1.82, 2.24) is 5.32 Å². The molecular formula is C11H13ClN2O4. The summed E-state index contributed by atoms with van der Waals surface area (Å²) in [6.45, 7) is -0.199. The van der Waals surface area contributed by atoms with E-state index >= 15 is 0 Å². The fourth-order valence-corrected chi connectivity index (χ4v) is 1.36. The molecular weight excluding hydrogens is 260 g/mol. The molecule has 1 aromatic carbocycles. The first-order valence-electron chi connectivity index (χ1n) is 5.02. The number of carbonyl (C=O) groups is 2. The summed E-state index contributed by atoms with van der Waals surface area (Å²) in [6, 6.07) is 4.84. The van der Waals surface area contributed by atoms with E-state index in [4.69, 9.17) is 16.3 Å². The molecule has 0 aliphatic rings. The number of ether oxygens (including phenoxy) is 2. The van der Waals surface area contributed by atoms with Crippen molar-refractivity contribution in [3.63, 3.8) is 0 Å². The summed E-state index contributed by atoms with van der Waals surface area (Å²) in [6.07, 6.45) is -0.675. The average Bonchev–Trinajstić information content (AvgIpc) is 2.38. The van der Waals surface area contributed by atoms with Gasteiger partial charge in [-0.2, -0.15) is 0 Å². The first-order valence-corrected chi connectivity index (χ1v) is 5.40. The molecule has 0 radical (unpaired) electrons. The summed E-state index contributed by atoms with van der Waals surface area (Å²) >= 11 is 5.94. The molecule has 0 spiro atoms. The molecule has 2 N–H and O–H groups in total. The van der Waals surface area contributed by atoms with Crippen LogP contribution in [0.25, 0.3) is 0 Å². The minimum atomic E-state index is -0.675. The van der Waals surface area contributed by atoms with Gasteiger partial charge in [-0.1, -0.05) is 11.6 Å². The predicted octanol–water partition coefficient (Wildman–Crippen LogP) is 1.64. The number of alkyl carbamates (subject to hydrolysis) is 1. The Bertz CT molecular complexity index is 451. The first-order chi connectivity index (χ1) is 8.56. The minimum Gasteiger partial charge on any atom is -0.497 e. The number of methoxy groups -OCH3 is 2. The van der Waals surface area contributed by atoms with Gasteiger partial charge in [0.1, 0.15) is 12.3 Å². The van der Waals surface area contributed by atoms with Crippen molar-refractivity contribution in [3.05, 3.63) is 23.2 Å². The van der Waals surface area contributed by atoms with Crippen molar-refractivity contribution in [2.45, 2.75) is 0 Å². The van der Waals surface area contributed by atoms with E-state index in [-0.39, 0.29) is 6.54 Å².